The quantitative estimate of drug-likeness (QED) is 0.733. The molecule has 1 aromatic rings. The number of nitrogens with zero attached hydrogens (tertiary/aromatic N) is 2. The smallest absolute Gasteiger partial charge is 0.261 e. The van der Waals surface area contributed by atoms with Crippen LogP contribution in [0.25, 0.3) is 0 Å². The van der Waals surface area contributed by atoms with Crippen molar-refractivity contribution < 1.29 is 13.5 Å². The molecule has 0 radical (unpaired) electrons. The second-order valence-corrected chi connectivity index (χ2v) is 3.04. The molecule has 14 heavy (non-hydrogen) atoms. The molecule has 1 aromatic heterocycles. The van der Waals surface area contributed by atoms with Crippen molar-refractivity contribution in [3.05, 3.63) is 22.7 Å². The van der Waals surface area contributed by atoms with E-state index in [1.807, 2.05) is 0 Å². The van der Waals surface area contributed by atoms with Gasteiger partial charge >= 0.3 is 0 Å². The summed E-state index contributed by atoms with van der Waals surface area (Å²) in [4.78, 5) is 7.78. The molecule has 0 fully saturated rings. The first-order valence-electron chi connectivity index (χ1n) is 3.94. The van der Waals surface area contributed by atoms with Gasteiger partial charge in [-0.15, -0.1) is 0 Å². The van der Waals surface area contributed by atoms with E-state index in [1.165, 1.54) is 0 Å². The van der Waals surface area contributed by atoms with E-state index in [9.17, 15) is 8.78 Å². The molecule has 0 spiro atoms. The maximum Gasteiger partial charge on any atom is 0.261 e. The van der Waals surface area contributed by atoms with Crippen LogP contribution in [0.3, 0.4) is 0 Å². The van der Waals surface area contributed by atoms with E-state index in [4.69, 9.17) is 11.6 Å². The Bertz CT molecular complexity index is 289. The third-order valence-corrected chi connectivity index (χ3v) is 1.54. The first kappa shape index (κ1) is 11.3. The van der Waals surface area contributed by atoms with Crippen molar-refractivity contribution in [3.63, 3.8) is 0 Å². The number of ether oxygens (including phenoxy) is 1. The van der Waals surface area contributed by atoms with Crippen molar-refractivity contribution in [3.8, 4) is 0 Å². The van der Waals surface area contributed by atoms with Gasteiger partial charge in [-0.05, 0) is 13.0 Å². The molecular weight excluding hydrogens is 214 g/mol. The molecule has 78 valence electrons. The van der Waals surface area contributed by atoms with Crippen molar-refractivity contribution in [2.75, 3.05) is 6.61 Å². The van der Waals surface area contributed by atoms with E-state index in [1.54, 1.807) is 13.0 Å². The van der Waals surface area contributed by atoms with Gasteiger partial charge in [0.05, 0.1) is 0 Å². The van der Waals surface area contributed by atoms with Gasteiger partial charge in [0, 0.05) is 5.69 Å². The van der Waals surface area contributed by atoms with E-state index < -0.39 is 13.0 Å². The monoisotopic (exact) mass is 222 g/mol. The van der Waals surface area contributed by atoms with Crippen LogP contribution in [0.2, 0.25) is 5.15 Å². The highest BCUT2D eigenvalue weighted by Gasteiger charge is 2.04. The minimum absolute atomic E-state index is 0.0499. The third-order valence-electron chi connectivity index (χ3n) is 1.34. The fraction of sp³-hybridized carbons (Fsp3) is 0.500. The zero-order valence-electron chi connectivity index (χ0n) is 7.51. The van der Waals surface area contributed by atoms with E-state index in [0.29, 0.717) is 11.5 Å². The summed E-state index contributed by atoms with van der Waals surface area (Å²) in [7, 11) is 0. The Hall–Kier alpha value is -0.810. The van der Waals surface area contributed by atoms with Gasteiger partial charge in [-0.3, -0.25) is 0 Å². The van der Waals surface area contributed by atoms with Gasteiger partial charge < -0.3 is 4.74 Å². The average molecular weight is 223 g/mol. The molecule has 0 aliphatic rings. The molecule has 0 bridgehead atoms. The number of hydrogen-bond acceptors (Lipinski definition) is 3. The van der Waals surface area contributed by atoms with Crippen molar-refractivity contribution in [1.29, 1.82) is 0 Å². The summed E-state index contributed by atoms with van der Waals surface area (Å²) < 4.78 is 28.1. The maximum atomic E-state index is 11.7. The minimum atomic E-state index is -2.48. The van der Waals surface area contributed by atoms with Crippen molar-refractivity contribution in [2.45, 2.75) is 20.0 Å². The topological polar surface area (TPSA) is 35.0 Å². The van der Waals surface area contributed by atoms with E-state index >= 15 is 0 Å². The molecular formula is C8H9ClF2N2O. The molecule has 1 rings (SSSR count). The lowest BCUT2D eigenvalue weighted by Gasteiger charge is -2.03. The van der Waals surface area contributed by atoms with Gasteiger partial charge in [0.2, 0.25) is 0 Å². The fourth-order valence-corrected chi connectivity index (χ4v) is 1.15. The molecule has 0 aliphatic heterocycles. The molecule has 0 saturated heterocycles. The van der Waals surface area contributed by atoms with Crippen molar-refractivity contribution in [2.24, 2.45) is 0 Å². The van der Waals surface area contributed by atoms with Crippen LogP contribution in [0, 0.1) is 6.92 Å². The first-order chi connectivity index (χ1) is 6.58. The molecule has 3 nitrogen and oxygen atoms in total. The SMILES string of the molecule is Cc1cc(Cl)nc(COCC(F)F)n1. The highest BCUT2D eigenvalue weighted by Crippen LogP contribution is 2.07. The molecule has 6 heteroatoms. The second kappa shape index (κ2) is 5.17. The lowest BCUT2D eigenvalue weighted by atomic mass is 10.4. The standard InChI is InChI=1S/C8H9ClF2N2O/c1-5-2-6(9)13-8(12-5)4-14-3-7(10)11/h2,7H,3-4H2,1H3. The molecule has 1 heterocycles. The Morgan fingerprint density at radius 1 is 1.50 bits per heavy atom. The largest absolute Gasteiger partial charge is 0.368 e. The lowest BCUT2D eigenvalue weighted by Crippen LogP contribution is -2.07. The van der Waals surface area contributed by atoms with Crippen molar-refractivity contribution >= 4 is 11.6 Å². The Balaban J connectivity index is 2.50. The van der Waals surface area contributed by atoms with Crippen molar-refractivity contribution in [1.82, 2.24) is 9.97 Å². The summed E-state index contributed by atoms with van der Waals surface area (Å²) in [5.41, 5.74) is 0.681. The fourth-order valence-electron chi connectivity index (χ4n) is 0.893. The van der Waals surface area contributed by atoms with Crippen LogP contribution >= 0.6 is 11.6 Å². The maximum absolute atomic E-state index is 11.7. The molecule has 0 aromatic carbocycles. The normalized spacial score (nSPS) is 10.9. The Morgan fingerprint density at radius 2 is 2.21 bits per heavy atom. The van der Waals surface area contributed by atoms with Crippen LogP contribution in [-0.2, 0) is 11.3 Å². The van der Waals surface area contributed by atoms with E-state index in [-0.39, 0.29) is 11.8 Å². The average Bonchev–Trinajstić information content (AvgIpc) is 2.01. The Kier molecular flexibility index (Phi) is 4.16. The lowest BCUT2D eigenvalue weighted by molar-refractivity contribution is 0.00765. The minimum Gasteiger partial charge on any atom is -0.368 e. The molecule has 0 amide bonds. The number of rotatable bonds is 4. The Labute approximate surface area is 85.1 Å². The summed E-state index contributed by atoms with van der Waals surface area (Å²) >= 11 is 5.64. The number of aromatic nitrogens is 2. The van der Waals surface area contributed by atoms with Gasteiger partial charge in [0.15, 0.2) is 5.82 Å². The van der Waals surface area contributed by atoms with Gasteiger partial charge in [-0.1, -0.05) is 11.6 Å². The van der Waals surface area contributed by atoms with Crippen LogP contribution in [-0.4, -0.2) is 23.0 Å². The first-order valence-corrected chi connectivity index (χ1v) is 4.31. The van der Waals surface area contributed by atoms with Gasteiger partial charge in [0.1, 0.15) is 18.4 Å². The van der Waals surface area contributed by atoms with Crippen LogP contribution < -0.4 is 0 Å². The van der Waals surface area contributed by atoms with Crippen LogP contribution in [0.4, 0.5) is 8.78 Å². The highest BCUT2D eigenvalue weighted by atomic mass is 35.5. The molecule has 0 atom stereocenters. The summed E-state index contributed by atoms with van der Waals surface area (Å²) in [6.07, 6.45) is -2.48. The van der Waals surface area contributed by atoms with Gasteiger partial charge in [-0.25, -0.2) is 18.7 Å². The molecule has 0 unspecified atom stereocenters. The summed E-state index contributed by atoms with van der Waals surface area (Å²) in [5, 5.41) is 0.285. The number of hydrogen-bond donors (Lipinski definition) is 0. The molecule has 0 saturated carbocycles. The summed E-state index contributed by atoms with van der Waals surface area (Å²) in [6.45, 7) is 1.07. The van der Waals surface area contributed by atoms with Crippen LogP contribution in [0.5, 0.6) is 0 Å². The summed E-state index contributed by atoms with van der Waals surface area (Å²) in [6, 6.07) is 1.58. The number of halogens is 3. The zero-order valence-corrected chi connectivity index (χ0v) is 8.26. The predicted molar refractivity (Wildman–Crippen MR) is 47.4 cm³/mol. The number of alkyl halides is 2. The summed E-state index contributed by atoms with van der Waals surface area (Å²) in [5.74, 6) is 0.315. The van der Waals surface area contributed by atoms with Gasteiger partial charge in [0.25, 0.3) is 6.43 Å². The highest BCUT2D eigenvalue weighted by molar-refractivity contribution is 6.29. The predicted octanol–water partition coefficient (Wildman–Crippen LogP) is 2.22. The number of aryl methyl sites for hydroxylation is 1. The molecule has 0 aliphatic carbocycles. The molecule has 0 N–H and O–H groups in total. The third kappa shape index (κ3) is 3.93. The van der Waals surface area contributed by atoms with Gasteiger partial charge in [-0.2, -0.15) is 0 Å². The second-order valence-electron chi connectivity index (χ2n) is 2.65. The Morgan fingerprint density at radius 3 is 2.79 bits per heavy atom. The zero-order chi connectivity index (χ0) is 10.6. The van der Waals surface area contributed by atoms with E-state index in [2.05, 4.69) is 14.7 Å². The van der Waals surface area contributed by atoms with Crippen LogP contribution in [0.15, 0.2) is 6.07 Å². The van der Waals surface area contributed by atoms with E-state index in [0.717, 1.165) is 0 Å². The van der Waals surface area contributed by atoms with Crippen LogP contribution in [0.1, 0.15) is 11.5 Å².